The van der Waals surface area contributed by atoms with Gasteiger partial charge in [0.25, 0.3) is 0 Å². The fourth-order valence-electron chi connectivity index (χ4n) is 5.02. The molecule has 3 heteroatoms. The fourth-order valence-corrected chi connectivity index (χ4v) is 6.49. The first kappa shape index (κ1) is 10.1. The average molecular weight is 228 g/mol. The molecule has 4 aliphatic rings. The van der Waals surface area contributed by atoms with E-state index < -0.39 is 9.84 Å². The fraction of sp³-hybridized carbons (Fsp3) is 1.00. The first-order valence-electron chi connectivity index (χ1n) is 6.12. The molecule has 0 radical (unpaired) electrons. The van der Waals surface area contributed by atoms with Gasteiger partial charge in [-0.15, -0.1) is 0 Å². The second-order valence-electron chi connectivity index (χ2n) is 6.49. The van der Waals surface area contributed by atoms with Crippen LogP contribution in [0.15, 0.2) is 0 Å². The summed E-state index contributed by atoms with van der Waals surface area (Å²) < 4.78 is 23.0. The molecule has 0 aromatic rings. The largest absolute Gasteiger partial charge is 0.229 e. The molecule has 0 aliphatic heterocycles. The summed E-state index contributed by atoms with van der Waals surface area (Å²) in [7, 11) is -2.79. The molecule has 0 aromatic carbocycles. The Balaban J connectivity index is 1.87. The Bertz CT molecular complexity index is 334. The molecule has 0 atom stereocenters. The summed E-state index contributed by atoms with van der Waals surface area (Å²) in [6, 6.07) is 0. The highest BCUT2D eigenvalue weighted by Gasteiger charge is 2.51. The summed E-state index contributed by atoms with van der Waals surface area (Å²) in [6.07, 6.45) is 9.19. The van der Waals surface area contributed by atoms with Crippen molar-refractivity contribution in [1.82, 2.24) is 0 Å². The Labute approximate surface area is 92.4 Å². The van der Waals surface area contributed by atoms with E-state index in [4.69, 9.17) is 0 Å². The zero-order valence-corrected chi connectivity index (χ0v) is 10.2. The molecule has 0 saturated heterocycles. The molecule has 4 aliphatic carbocycles. The summed E-state index contributed by atoms with van der Waals surface area (Å²) in [5.74, 6) is 3.04. The summed E-state index contributed by atoms with van der Waals surface area (Å²) in [4.78, 5) is 0. The summed E-state index contributed by atoms with van der Waals surface area (Å²) >= 11 is 0. The lowest BCUT2D eigenvalue weighted by Gasteiger charge is -2.56. The zero-order chi connectivity index (χ0) is 10.7. The van der Waals surface area contributed by atoms with Crippen LogP contribution in [0.25, 0.3) is 0 Å². The van der Waals surface area contributed by atoms with Crippen LogP contribution in [0, 0.1) is 23.2 Å². The van der Waals surface area contributed by atoms with Gasteiger partial charge in [0.2, 0.25) is 0 Å². The quantitative estimate of drug-likeness (QED) is 0.726. The SMILES string of the molecule is CS(=O)(=O)CC12CC3CC(CC(C3)C1)C2. The number of hydrogen-bond acceptors (Lipinski definition) is 2. The standard InChI is InChI=1S/C12H20O2S/c1-15(13,14)8-12-5-9-2-10(6-12)4-11(3-9)7-12/h9-11H,2-8H2,1H3. The third-order valence-corrected chi connectivity index (χ3v) is 5.87. The van der Waals surface area contributed by atoms with Gasteiger partial charge in [0.05, 0.1) is 5.75 Å². The van der Waals surface area contributed by atoms with Crippen LogP contribution in [0.5, 0.6) is 0 Å². The molecule has 0 heterocycles. The Morgan fingerprint density at radius 2 is 1.40 bits per heavy atom. The molecule has 0 amide bonds. The van der Waals surface area contributed by atoms with E-state index in [9.17, 15) is 8.42 Å². The van der Waals surface area contributed by atoms with E-state index in [1.807, 2.05) is 0 Å². The first-order valence-corrected chi connectivity index (χ1v) is 8.18. The van der Waals surface area contributed by atoms with Crippen molar-refractivity contribution in [1.29, 1.82) is 0 Å². The number of sulfone groups is 1. The van der Waals surface area contributed by atoms with Crippen LogP contribution in [-0.2, 0) is 9.84 Å². The van der Waals surface area contributed by atoms with Crippen molar-refractivity contribution < 1.29 is 8.42 Å². The molecule has 86 valence electrons. The molecule has 2 nitrogen and oxygen atoms in total. The van der Waals surface area contributed by atoms with Gasteiger partial charge in [0.15, 0.2) is 0 Å². The van der Waals surface area contributed by atoms with E-state index in [1.54, 1.807) is 0 Å². The van der Waals surface area contributed by atoms with Gasteiger partial charge < -0.3 is 0 Å². The zero-order valence-electron chi connectivity index (χ0n) is 9.41. The minimum Gasteiger partial charge on any atom is -0.229 e. The van der Waals surface area contributed by atoms with E-state index >= 15 is 0 Å². The molecular weight excluding hydrogens is 208 g/mol. The van der Waals surface area contributed by atoms with Crippen LogP contribution < -0.4 is 0 Å². The van der Waals surface area contributed by atoms with Crippen molar-refractivity contribution in [3.05, 3.63) is 0 Å². The minimum atomic E-state index is -2.79. The van der Waals surface area contributed by atoms with E-state index in [0.717, 1.165) is 17.8 Å². The maximum atomic E-state index is 11.5. The first-order chi connectivity index (χ1) is 6.94. The smallest absolute Gasteiger partial charge is 0.148 e. The van der Waals surface area contributed by atoms with E-state index in [0.29, 0.717) is 5.75 Å². The van der Waals surface area contributed by atoms with Crippen molar-refractivity contribution in [2.24, 2.45) is 23.2 Å². The normalized spacial score (nSPS) is 48.5. The van der Waals surface area contributed by atoms with Crippen molar-refractivity contribution in [2.45, 2.75) is 38.5 Å². The summed E-state index contributed by atoms with van der Waals surface area (Å²) in [5, 5.41) is 0. The van der Waals surface area contributed by atoms with Crippen LogP contribution in [0.1, 0.15) is 38.5 Å². The van der Waals surface area contributed by atoms with Gasteiger partial charge in [-0.05, 0) is 61.7 Å². The van der Waals surface area contributed by atoms with Crippen LogP contribution >= 0.6 is 0 Å². The third kappa shape index (κ3) is 1.83. The molecule has 4 fully saturated rings. The lowest BCUT2D eigenvalue weighted by Crippen LogP contribution is -2.48. The number of hydrogen-bond donors (Lipinski definition) is 0. The van der Waals surface area contributed by atoms with Gasteiger partial charge in [-0.3, -0.25) is 0 Å². The van der Waals surface area contributed by atoms with Gasteiger partial charge in [-0.25, -0.2) is 8.42 Å². The molecule has 4 rings (SSSR count). The van der Waals surface area contributed by atoms with Crippen LogP contribution in [-0.4, -0.2) is 20.4 Å². The minimum absolute atomic E-state index is 0.197. The van der Waals surface area contributed by atoms with Gasteiger partial charge in [0.1, 0.15) is 9.84 Å². The van der Waals surface area contributed by atoms with Crippen LogP contribution in [0.4, 0.5) is 0 Å². The predicted octanol–water partition coefficient (Wildman–Crippen LogP) is 2.25. The van der Waals surface area contributed by atoms with Gasteiger partial charge >= 0.3 is 0 Å². The lowest BCUT2D eigenvalue weighted by molar-refractivity contribution is -0.0389. The third-order valence-electron chi connectivity index (χ3n) is 4.73. The molecule has 0 spiro atoms. The van der Waals surface area contributed by atoms with E-state index in [-0.39, 0.29) is 5.41 Å². The molecule has 4 saturated carbocycles. The van der Waals surface area contributed by atoms with Gasteiger partial charge in [0, 0.05) is 6.26 Å². The van der Waals surface area contributed by atoms with Crippen molar-refractivity contribution in [3.8, 4) is 0 Å². The van der Waals surface area contributed by atoms with Gasteiger partial charge in [-0.1, -0.05) is 0 Å². The highest BCUT2D eigenvalue weighted by Crippen LogP contribution is 2.60. The summed E-state index contributed by atoms with van der Waals surface area (Å²) in [6.45, 7) is 0. The van der Waals surface area contributed by atoms with Crippen molar-refractivity contribution in [2.75, 3.05) is 12.0 Å². The highest BCUT2D eigenvalue weighted by atomic mass is 32.2. The Kier molecular flexibility index (Phi) is 2.02. The van der Waals surface area contributed by atoms with E-state index in [2.05, 4.69) is 0 Å². The maximum absolute atomic E-state index is 11.5. The summed E-state index contributed by atoms with van der Waals surface area (Å²) in [5.41, 5.74) is 0.197. The maximum Gasteiger partial charge on any atom is 0.148 e. The number of rotatable bonds is 2. The second kappa shape index (κ2) is 2.99. The highest BCUT2D eigenvalue weighted by molar-refractivity contribution is 7.90. The van der Waals surface area contributed by atoms with Crippen LogP contribution in [0.3, 0.4) is 0 Å². The monoisotopic (exact) mass is 228 g/mol. The molecule has 4 bridgehead atoms. The molecule has 15 heavy (non-hydrogen) atoms. The van der Waals surface area contributed by atoms with Crippen molar-refractivity contribution in [3.63, 3.8) is 0 Å². The lowest BCUT2D eigenvalue weighted by atomic mass is 9.50. The Morgan fingerprint density at radius 3 is 1.73 bits per heavy atom. The molecular formula is C12H20O2S. The predicted molar refractivity (Wildman–Crippen MR) is 60.3 cm³/mol. The average Bonchev–Trinajstić information content (AvgIpc) is 1.94. The van der Waals surface area contributed by atoms with Crippen LogP contribution in [0.2, 0.25) is 0 Å². The molecule has 0 aromatic heterocycles. The second-order valence-corrected chi connectivity index (χ2v) is 8.63. The topological polar surface area (TPSA) is 34.1 Å². The molecule has 0 unspecified atom stereocenters. The Morgan fingerprint density at radius 1 is 1.00 bits per heavy atom. The van der Waals surface area contributed by atoms with Crippen molar-refractivity contribution >= 4 is 9.84 Å². The van der Waals surface area contributed by atoms with E-state index in [1.165, 1.54) is 44.8 Å². The Hall–Kier alpha value is -0.0500. The van der Waals surface area contributed by atoms with Gasteiger partial charge in [-0.2, -0.15) is 0 Å². The molecule has 0 N–H and O–H groups in total.